The number of halogens is 1. The largest absolute Gasteiger partial charge is 0.496 e. The van der Waals surface area contributed by atoms with E-state index >= 15 is 0 Å². The lowest BCUT2D eigenvalue weighted by Gasteiger charge is -2.09. The molecular formula is C17H19BrN2O2S. The van der Waals surface area contributed by atoms with Gasteiger partial charge in [0.05, 0.1) is 11.6 Å². The molecule has 0 atom stereocenters. The lowest BCUT2D eigenvalue weighted by Crippen LogP contribution is -2.30. The number of anilines is 1. The van der Waals surface area contributed by atoms with Crippen LogP contribution in [0.15, 0.2) is 51.8 Å². The third-order valence-electron chi connectivity index (χ3n) is 3.24. The summed E-state index contributed by atoms with van der Waals surface area (Å²) in [5.74, 6) is 0.799. The Hall–Kier alpha value is -1.66. The first-order valence-electron chi connectivity index (χ1n) is 7.13. The minimum absolute atomic E-state index is 0.198. The normalized spacial score (nSPS) is 10.2. The van der Waals surface area contributed by atoms with Gasteiger partial charge in [-0.2, -0.15) is 0 Å². The molecule has 0 unspecified atom stereocenters. The predicted molar refractivity (Wildman–Crippen MR) is 99.6 cm³/mol. The number of thioether (sulfide) groups is 1. The van der Waals surface area contributed by atoms with Crippen LogP contribution in [0.3, 0.4) is 0 Å². The van der Waals surface area contributed by atoms with Gasteiger partial charge in [0.2, 0.25) is 0 Å². The Morgan fingerprint density at radius 1 is 1.26 bits per heavy atom. The molecule has 4 nitrogen and oxygen atoms in total. The smallest absolute Gasteiger partial charge is 0.319 e. The lowest BCUT2D eigenvalue weighted by molar-refractivity contribution is 0.252. The quantitative estimate of drug-likeness (QED) is 0.706. The van der Waals surface area contributed by atoms with Crippen LogP contribution in [0.25, 0.3) is 0 Å². The zero-order valence-corrected chi connectivity index (χ0v) is 15.5. The van der Waals surface area contributed by atoms with E-state index in [0.717, 1.165) is 32.8 Å². The van der Waals surface area contributed by atoms with Crippen molar-refractivity contribution in [1.29, 1.82) is 0 Å². The van der Waals surface area contributed by atoms with Crippen molar-refractivity contribution >= 4 is 39.4 Å². The van der Waals surface area contributed by atoms with E-state index in [2.05, 4.69) is 26.6 Å². The van der Waals surface area contributed by atoms with Crippen molar-refractivity contribution in [3.8, 4) is 5.75 Å². The van der Waals surface area contributed by atoms with E-state index in [1.807, 2.05) is 48.7 Å². The lowest BCUT2D eigenvalue weighted by atomic mass is 10.1. The minimum atomic E-state index is -0.198. The summed E-state index contributed by atoms with van der Waals surface area (Å²) in [6, 6.07) is 13.5. The van der Waals surface area contributed by atoms with Crippen LogP contribution >= 0.6 is 27.7 Å². The van der Waals surface area contributed by atoms with Crippen molar-refractivity contribution in [2.24, 2.45) is 0 Å². The maximum Gasteiger partial charge on any atom is 0.319 e. The van der Waals surface area contributed by atoms with E-state index in [0.29, 0.717) is 6.54 Å². The van der Waals surface area contributed by atoms with E-state index in [4.69, 9.17) is 4.74 Å². The maximum absolute atomic E-state index is 11.9. The number of benzene rings is 2. The molecule has 2 rings (SSSR count). The van der Waals surface area contributed by atoms with Gasteiger partial charge in [-0.05, 0) is 64.5 Å². The first-order chi connectivity index (χ1) is 11.1. The Morgan fingerprint density at radius 3 is 2.78 bits per heavy atom. The molecule has 0 saturated heterocycles. The average molecular weight is 395 g/mol. The van der Waals surface area contributed by atoms with Crippen LogP contribution in [0.4, 0.5) is 10.5 Å². The summed E-state index contributed by atoms with van der Waals surface area (Å²) in [5.41, 5.74) is 1.92. The molecule has 0 heterocycles. The summed E-state index contributed by atoms with van der Waals surface area (Å²) < 4.78 is 6.11. The van der Waals surface area contributed by atoms with Crippen LogP contribution in [0.1, 0.15) is 5.56 Å². The van der Waals surface area contributed by atoms with Crippen LogP contribution in [0, 0.1) is 0 Å². The molecule has 23 heavy (non-hydrogen) atoms. The molecular weight excluding hydrogens is 376 g/mol. The van der Waals surface area contributed by atoms with Gasteiger partial charge in [0.1, 0.15) is 5.75 Å². The average Bonchev–Trinajstić information content (AvgIpc) is 2.55. The second-order valence-corrected chi connectivity index (χ2v) is 6.57. The fourth-order valence-electron chi connectivity index (χ4n) is 2.06. The second kappa shape index (κ2) is 8.84. The number of carbonyl (C=O) groups excluding carboxylic acids is 1. The topological polar surface area (TPSA) is 50.4 Å². The molecule has 122 valence electrons. The van der Waals surface area contributed by atoms with Gasteiger partial charge in [-0.1, -0.05) is 12.1 Å². The zero-order chi connectivity index (χ0) is 16.7. The molecule has 6 heteroatoms. The van der Waals surface area contributed by atoms with Crippen molar-refractivity contribution in [3.63, 3.8) is 0 Å². The molecule has 2 aromatic rings. The number of hydrogen-bond donors (Lipinski definition) is 2. The Morgan fingerprint density at radius 2 is 2.09 bits per heavy atom. The summed E-state index contributed by atoms with van der Waals surface area (Å²) in [4.78, 5) is 13.0. The van der Waals surface area contributed by atoms with Gasteiger partial charge in [-0.15, -0.1) is 11.8 Å². The number of ether oxygens (including phenoxy) is 1. The van der Waals surface area contributed by atoms with Gasteiger partial charge < -0.3 is 15.4 Å². The van der Waals surface area contributed by atoms with Gasteiger partial charge in [-0.25, -0.2) is 4.79 Å². The van der Waals surface area contributed by atoms with E-state index in [1.165, 1.54) is 0 Å². The Kier molecular flexibility index (Phi) is 6.80. The van der Waals surface area contributed by atoms with E-state index < -0.39 is 0 Å². The van der Waals surface area contributed by atoms with Crippen LogP contribution < -0.4 is 15.4 Å². The Labute approximate surface area is 149 Å². The van der Waals surface area contributed by atoms with Gasteiger partial charge in [-0.3, -0.25) is 0 Å². The highest BCUT2D eigenvalue weighted by atomic mass is 79.9. The summed E-state index contributed by atoms with van der Waals surface area (Å²) in [5, 5.41) is 5.70. The molecule has 2 amide bonds. The third-order valence-corrected chi connectivity index (χ3v) is 4.59. The van der Waals surface area contributed by atoms with Crippen LogP contribution in [0.2, 0.25) is 0 Å². The van der Waals surface area contributed by atoms with E-state index in [-0.39, 0.29) is 6.03 Å². The molecule has 0 spiro atoms. The predicted octanol–water partition coefficient (Wildman–Crippen LogP) is 4.54. The highest BCUT2D eigenvalue weighted by molar-refractivity contribution is 9.10. The van der Waals surface area contributed by atoms with E-state index in [9.17, 15) is 4.79 Å². The van der Waals surface area contributed by atoms with Crippen LogP contribution in [-0.4, -0.2) is 25.9 Å². The number of carbonyl (C=O) groups is 1. The fraction of sp³-hybridized carbons (Fsp3) is 0.235. The zero-order valence-electron chi connectivity index (χ0n) is 13.1. The molecule has 0 fully saturated rings. The first kappa shape index (κ1) is 17.7. The minimum Gasteiger partial charge on any atom is -0.496 e. The number of hydrogen-bond acceptors (Lipinski definition) is 3. The summed E-state index contributed by atoms with van der Waals surface area (Å²) in [6.45, 7) is 0.562. The fourth-order valence-corrected chi connectivity index (χ4v) is 3.11. The molecule has 0 aromatic heterocycles. The molecule has 0 bridgehead atoms. The molecule has 0 aliphatic rings. The van der Waals surface area contributed by atoms with Crippen LogP contribution in [0.5, 0.6) is 5.75 Å². The molecule has 0 radical (unpaired) electrons. The summed E-state index contributed by atoms with van der Waals surface area (Å²) in [6.07, 6.45) is 2.76. The maximum atomic E-state index is 11.9. The van der Waals surface area contributed by atoms with Gasteiger partial charge in [0.25, 0.3) is 0 Å². The number of nitrogens with one attached hydrogen (secondary N) is 2. The first-order valence-corrected chi connectivity index (χ1v) is 9.15. The van der Waals surface area contributed by atoms with Crippen molar-refractivity contribution in [3.05, 3.63) is 52.5 Å². The SMILES string of the molecule is COc1ccc(CCNC(=O)Nc2cccc(SC)c2)cc1Br. The van der Waals surface area contributed by atoms with Gasteiger partial charge in [0, 0.05) is 17.1 Å². The molecule has 2 aromatic carbocycles. The number of methoxy groups -OCH3 is 1. The van der Waals surface area contributed by atoms with Crippen molar-refractivity contribution in [1.82, 2.24) is 5.32 Å². The molecule has 2 N–H and O–H groups in total. The Balaban J connectivity index is 1.81. The molecule has 0 aliphatic heterocycles. The van der Waals surface area contributed by atoms with Crippen molar-refractivity contribution < 1.29 is 9.53 Å². The highest BCUT2D eigenvalue weighted by Crippen LogP contribution is 2.25. The van der Waals surface area contributed by atoms with Crippen LogP contribution in [-0.2, 0) is 6.42 Å². The van der Waals surface area contributed by atoms with Crippen molar-refractivity contribution in [2.45, 2.75) is 11.3 Å². The standard InChI is InChI=1S/C17H19BrN2O2S/c1-22-16-7-6-12(10-15(16)18)8-9-19-17(21)20-13-4-3-5-14(11-13)23-2/h3-7,10-11H,8-9H2,1-2H3,(H2,19,20,21). The van der Waals surface area contributed by atoms with Gasteiger partial charge >= 0.3 is 6.03 Å². The molecule has 0 aliphatic carbocycles. The Bertz CT molecular complexity index is 679. The van der Waals surface area contributed by atoms with Crippen molar-refractivity contribution in [2.75, 3.05) is 25.2 Å². The highest BCUT2D eigenvalue weighted by Gasteiger charge is 2.04. The summed E-state index contributed by atoms with van der Waals surface area (Å²) >= 11 is 5.10. The van der Waals surface area contributed by atoms with E-state index in [1.54, 1.807) is 18.9 Å². The number of amides is 2. The monoisotopic (exact) mass is 394 g/mol. The molecule has 0 saturated carbocycles. The van der Waals surface area contributed by atoms with Gasteiger partial charge in [0.15, 0.2) is 0 Å². The number of urea groups is 1. The summed E-state index contributed by atoms with van der Waals surface area (Å²) in [7, 11) is 1.64. The second-order valence-electron chi connectivity index (χ2n) is 4.83. The number of rotatable bonds is 6. The third kappa shape index (κ3) is 5.48.